The van der Waals surface area contributed by atoms with Crippen LogP contribution >= 0.6 is 0 Å². The van der Waals surface area contributed by atoms with Crippen molar-refractivity contribution in [1.82, 2.24) is 9.55 Å². The maximum atomic E-state index is 5.86. The average Bonchev–Trinajstić information content (AvgIpc) is 2.82. The van der Waals surface area contributed by atoms with Gasteiger partial charge in [-0.2, -0.15) is 0 Å². The van der Waals surface area contributed by atoms with Crippen LogP contribution in [-0.2, 0) is 11.3 Å². The molecule has 0 aliphatic heterocycles. The van der Waals surface area contributed by atoms with Gasteiger partial charge in [-0.25, -0.2) is 4.98 Å². The molecule has 1 saturated carbocycles. The molecule has 0 radical (unpaired) electrons. The van der Waals surface area contributed by atoms with Crippen LogP contribution in [0.5, 0.6) is 0 Å². The monoisotopic (exact) mass is 228 g/mol. The molecular weight excluding hydrogens is 212 g/mol. The fraction of sp³-hybridized carbons (Fsp3) is 0.357. The van der Waals surface area contributed by atoms with Crippen molar-refractivity contribution in [3.05, 3.63) is 54.6 Å². The molecule has 1 aliphatic carbocycles. The number of rotatable bonds is 4. The Morgan fingerprint density at radius 3 is 2.76 bits per heavy atom. The zero-order valence-corrected chi connectivity index (χ0v) is 9.70. The van der Waals surface area contributed by atoms with Crippen LogP contribution in [0.15, 0.2) is 49.1 Å². The van der Waals surface area contributed by atoms with Crippen molar-refractivity contribution in [1.29, 1.82) is 0 Å². The van der Waals surface area contributed by atoms with E-state index in [1.54, 1.807) is 0 Å². The quantitative estimate of drug-likeness (QED) is 0.804. The third kappa shape index (κ3) is 2.39. The Labute approximate surface area is 101 Å². The molecule has 0 atom stereocenters. The highest BCUT2D eigenvalue weighted by Gasteiger charge is 2.30. The van der Waals surface area contributed by atoms with Gasteiger partial charge in [0.05, 0.1) is 19.0 Å². The molecule has 0 amide bonds. The standard InChI is InChI=1S/C14H16N2O/c1-2-4-12(5-3-1)10-17-14-8-13(9-14)16-7-6-15-11-16/h1-7,11,13-14H,8-10H2/t13-,14-. The van der Waals surface area contributed by atoms with Crippen LogP contribution in [-0.4, -0.2) is 15.7 Å². The Bertz CT molecular complexity index is 446. The summed E-state index contributed by atoms with van der Waals surface area (Å²) in [5.74, 6) is 0. The summed E-state index contributed by atoms with van der Waals surface area (Å²) in [4.78, 5) is 4.07. The number of benzene rings is 1. The molecule has 1 heterocycles. The van der Waals surface area contributed by atoms with Crippen LogP contribution < -0.4 is 0 Å². The first-order valence-corrected chi connectivity index (χ1v) is 6.05. The van der Waals surface area contributed by atoms with E-state index in [-0.39, 0.29) is 0 Å². The largest absolute Gasteiger partial charge is 0.373 e. The van der Waals surface area contributed by atoms with Crippen molar-refractivity contribution < 1.29 is 4.74 Å². The lowest BCUT2D eigenvalue weighted by Gasteiger charge is -2.35. The van der Waals surface area contributed by atoms with Gasteiger partial charge >= 0.3 is 0 Å². The van der Waals surface area contributed by atoms with Gasteiger partial charge in [0.1, 0.15) is 0 Å². The Kier molecular flexibility index (Phi) is 2.92. The van der Waals surface area contributed by atoms with Gasteiger partial charge in [0, 0.05) is 18.4 Å². The first kappa shape index (κ1) is 10.5. The van der Waals surface area contributed by atoms with Gasteiger partial charge in [0.25, 0.3) is 0 Å². The maximum absolute atomic E-state index is 5.86. The fourth-order valence-electron chi connectivity index (χ4n) is 2.19. The van der Waals surface area contributed by atoms with Crippen molar-refractivity contribution in [2.45, 2.75) is 31.6 Å². The average molecular weight is 228 g/mol. The van der Waals surface area contributed by atoms with E-state index < -0.39 is 0 Å². The second-order valence-corrected chi connectivity index (χ2v) is 4.55. The first-order valence-electron chi connectivity index (χ1n) is 6.05. The molecule has 3 heteroatoms. The minimum atomic E-state index is 0.405. The predicted molar refractivity (Wildman–Crippen MR) is 65.5 cm³/mol. The van der Waals surface area contributed by atoms with E-state index in [0.29, 0.717) is 12.1 Å². The lowest BCUT2D eigenvalue weighted by atomic mass is 9.89. The van der Waals surface area contributed by atoms with Crippen molar-refractivity contribution in [2.24, 2.45) is 0 Å². The van der Waals surface area contributed by atoms with Gasteiger partial charge in [0.2, 0.25) is 0 Å². The molecule has 1 aromatic heterocycles. The van der Waals surface area contributed by atoms with E-state index >= 15 is 0 Å². The summed E-state index contributed by atoms with van der Waals surface area (Å²) in [6.07, 6.45) is 8.35. The number of aromatic nitrogens is 2. The minimum Gasteiger partial charge on any atom is -0.373 e. The number of hydrogen-bond acceptors (Lipinski definition) is 2. The van der Waals surface area contributed by atoms with Crippen molar-refractivity contribution in [3.8, 4) is 0 Å². The molecule has 1 aliphatic rings. The highest BCUT2D eigenvalue weighted by molar-refractivity contribution is 5.13. The molecule has 0 bridgehead atoms. The number of imidazole rings is 1. The van der Waals surface area contributed by atoms with Gasteiger partial charge < -0.3 is 9.30 Å². The zero-order valence-electron chi connectivity index (χ0n) is 9.70. The van der Waals surface area contributed by atoms with E-state index in [0.717, 1.165) is 19.4 Å². The van der Waals surface area contributed by atoms with Crippen LogP contribution in [0.4, 0.5) is 0 Å². The van der Waals surface area contributed by atoms with Crippen LogP contribution in [0, 0.1) is 0 Å². The summed E-state index contributed by atoms with van der Waals surface area (Å²) in [5, 5.41) is 0. The van der Waals surface area contributed by atoms with E-state index in [1.807, 2.05) is 36.9 Å². The van der Waals surface area contributed by atoms with E-state index in [4.69, 9.17) is 4.74 Å². The molecule has 1 aromatic carbocycles. The summed E-state index contributed by atoms with van der Waals surface area (Å²) in [6, 6.07) is 10.9. The third-order valence-electron chi connectivity index (χ3n) is 3.34. The van der Waals surface area contributed by atoms with Crippen LogP contribution in [0.1, 0.15) is 24.4 Å². The van der Waals surface area contributed by atoms with Crippen LogP contribution in [0.25, 0.3) is 0 Å². The summed E-state index contributed by atoms with van der Waals surface area (Å²) in [6.45, 7) is 0.724. The Morgan fingerprint density at radius 2 is 2.06 bits per heavy atom. The Hall–Kier alpha value is -1.61. The van der Waals surface area contributed by atoms with Gasteiger partial charge in [-0.1, -0.05) is 30.3 Å². The molecular formula is C14H16N2O. The second kappa shape index (κ2) is 4.72. The SMILES string of the molecule is c1ccc(CO[C@H]2C[C@H](n3ccnc3)C2)cc1. The Balaban J connectivity index is 1.45. The minimum absolute atomic E-state index is 0.405. The van der Waals surface area contributed by atoms with Gasteiger partial charge in [-0.05, 0) is 18.4 Å². The highest BCUT2D eigenvalue weighted by Crippen LogP contribution is 2.34. The number of nitrogens with zero attached hydrogens (tertiary/aromatic N) is 2. The topological polar surface area (TPSA) is 27.1 Å². The zero-order chi connectivity index (χ0) is 11.5. The normalized spacial score (nSPS) is 23.3. The fourth-order valence-corrected chi connectivity index (χ4v) is 2.19. The van der Waals surface area contributed by atoms with E-state index in [9.17, 15) is 0 Å². The van der Waals surface area contributed by atoms with E-state index in [1.165, 1.54) is 5.56 Å². The molecule has 0 spiro atoms. The summed E-state index contributed by atoms with van der Waals surface area (Å²) >= 11 is 0. The molecule has 3 rings (SSSR count). The predicted octanol–water partition coefficient (Wildman–Crippen LogP) is 2.80. The molecule has 1 fully saturated rings. The molecule has 0 unspecified atom stereocenters. The third-order valence-corrected chi connectivity index (χ3v) is 3.34. The van der Waals surface area contributed by atoms with Crippen LogP contribution in [0.3, 0.4) is 0 Å². The maximum Gasteiger partial charge on any atom is 0.0948 e. The Morgan fingerprint density at radius 1 is 1.24 bits per heavy atom. The van der Waals surface area contributed by atoms with Gasteiger partial charge in [0.15, 0.2) is 0 Å². The van der Waals surface area contributed by atoms with Crippen molar-refractivity contribution in [2.75, 3.05) is 0 Å². The summed E-state index contributed by atoms with van der Waals surface area (Å²) in [5.41, 5.74) is 1.25. The number of hydrogen-bond donors (Lipinski definition) is 0. The van der Waals surface area contributed by atoms with E-state index in [2.05, 4.69) is 21.7 Å². The van der Waals surface area contributed by atoms with Gasteiger partial charge in [-0.3, -0.25) is 0 Å². The molecule has 2 aromatic rings. The highest BCUT2D eigenvalue weighted by atomic mass is 16.5. The second-order valence-electron chi connectivity index (χ2n) is 4.55. The van der Waals surface area contributed by atoms with Crippen molar-refractivity contribution in [3.63, 3.8) is 0 Å². The van der Waals surface area contributed by atoms with Crippen molar-refractivity contribution >= 4 is 0 Å². The lowest BCUT2D eigenvalue weighted by Crippen LogP contribution is -2.32. The molecule has 0 saturated heterocycles. The lowest BCUT2D eigenvalue weighted by molar-refractivity contribution is -0.0356. The molecule has 3 nitrogen and oxygen atoms in total. The number of ether oxygens (including phenoxy) is 1. The first-order chi connectivity index (χ1) is 8.42. The molecule has 17 heavy (non-hydrogen) atoms. The summed E-state index contributed by atoms with van der Waals surface area (Å²) < 4.78 is 8.03. The summed E-state index contributed by atoms with van der Waals surface area (Å²) in [7, 11) is 0. The molecule has 0 N–H and O–H groups in total. The van der Waals surface area contributed by atoms with Crippen LogP contribution in [0.2, 0.25) is 0 Å². The van der Waals surface area contributed by atoms with Gasteiger partial charge in [-0.15, -0.1) is 0 Å². The molecule has 88 valence electrons. The smallest absolute Gasteiger partial charge is 0.0948 e.